The lowest BCUT2D eigenvalue weighted by molar-refractivity contribution is -0.124. The quantitative estimate of drug-likeness (QED) is 0.213. The number of rotatable bonds is 14. The van der Waals surface area contributed by atoms with Gasteiger partial charge in [-0.1, -0.05) is 62.4 Å². The monoisotopic (exact) mass is 641 g/mol. The highest BCUT2D eigenvalue weighted by atomic mass is 19.4. The number of anilines is 1. The van der Waals surface area contributed by atoms with Crippen LogP contribution in [0, 0.1) is 0 Å². The van der Waals surface area contributed by atoms with E-state index in [0.717, 1.165) is 34.6 Å². The summed E-state index contributed by atoms with van der Waals surface area (Å²) in [5, 5.41) is 5.38. The van der Waals surface area contributed by atoms with Gasteiger partial charge >= 0.3 is 6.18 Å². The second-order valence-electron chi connectivity index (χ2n) is 11.5. The van der Waals surface area contributed by atoms with Crippen molar-refractivity contribution in [2.75, 3.05) is 45.7 Å². The highest BCUT2D eigenvalue weighted by Crippen LogP contribution is 2.29. The lowest BCUT2D eigenvalue weighted by atomic mass is 10.00. The van der Waals surface area contributed by atoms with E-state index in [1.807, 2.05) is 95.9 Å². The Labute approximate surface area is 272 Å². The van der Waals surface area contributed by atoms with E-state index in [1.165, 1.54) is 5.57 Å². The number of amidine groups is 1. The Hall–Kier alpha value is -4.05. The molecule has 3 rings (SSSR count). The van der Waals surface area contributed by atoms with Gasteiger partial charge in [-0.3, -0.25) is 9.79 Å². The molecule has 46 heavy (non-hydrogen) atoms. The van der Waals surface area contributed by atoms with Crippen molar-refractivity contribution >= 4 is 23.0 Å². The number of amides is 1. The van der Waals surface area contributed by atoms with Crippen molar-refractivity contribution in [3.05, 3.63) is 89.7 Å². The number of carbonyl (C=O) groups is 1. The van der Waals surface area contributed by atoms with Gasteiger partial charge in [0.1, 0.15) is 11.6 Å². The predicted molar refractivity (Wildman–Crippen MR) is 185 cm³/mol. The van der Waals surface area contributed by atoms with Gasteiger partial charge in [-0.15, -0.1) is 0 Å². The number of nitrogens with one attached hydrogen (secondary N) is 2. The summed E-state index contributed by atoms with van der Waals surface area (Å²) in [6, 6.07) is 12.4. The largest absolute Gasteiger partial charge is 0.489 e. The third kappa shape index (κ3) is 12.4. The lowest BCUT2D eigenvalue weighted by Crippen LogP contribution is -2.45. The average Bonchev–Trinajstić information content (AvgIpc) is 2.99. The number of aliphatic imine (C=N–C) groups is 1. The van der Waals surface area contributed by atoms with Crippen LogP contribution in [0.15, 0.2) is 78.0 Å². The Morgan fingerprint density at radius 3 is 2.39 bits per heavy atom. The molecule has 1 amide bonds. The van der Waals surface area contributed by atoms with Crippen LogP contribution in [-0.4, -0.2) is 75.7 Å². The van der Waals surface area contributed by atoms with E-state index in [2.05, 4.69) is 23.4 Å². The number of nitrogens with zero attached hydrogens (tertiary/aromatic N) is 3. The first-order valence-electron chi connectivity index (χ1n) is 15.7. The van der Waals surface area contributed by atoms with Gasteiger partial charge in [0.25, 0.3) is 5.91 Å². The van der Waals surface area contributed by atoms with E-state index in [1.54, 1.807) is 24.3 Å². The molecule has 0 unspecified atom stereocenters. The molecule has 2 aromatic carbocycles. The number of allylic oxidation sites excluding steroid dienone is 2. The molecule has 1 heterocycles. The van der Waals surface area contributed by atoms with Crippen LogP contribution in [0.2, 0.25) is 0 Å². The first-order chi connectivity index (χ1) is 21.8. The molecule has 0 bridgehead atoms. The zero-order valence-corrected chi connectivity index (χ0v) is 28.5. The number of hydrogen-bond donors (Lipinski definition) is 2. The van der Waals surface area contributed by atoms with Crippen LogP contribution < -0.4 is 20.3 Å². The number of ether oxygens (including phenoxy) is 1. The minimum Gasteiger partial charge on any atom is -0.489 e. The molecule has 0 saturated heterocycles. The average molecular weight is 642 g/mol. The predicted octanol–water partition coefficient (Wildman–Crippen LogP) is 7.27. The fourth-order valence-corrected chi connectivity index (χ4v) is 4.83. The minimum absolute atomic E-state index is 0.0431. The molecule has 1 aliphatic rings. The number of halogens is 3. The van der Waals surface area contributed by atoms with Crippen molar-refractivity contribution in [3.63, 3.8) is 0 Å². The summed E-state index contributed by atoms with van der Waals surface area (Å²) in [4.78, 5) is 21.9. The van der Waals surface area contributed by atoms with Gasteiger partial charge in [-0.2, -0.15) is 13.2 Å². The minimum atomic E-state index is -4.35. The van der Waals surface area contributed by atoms with Crippen LogP contribution in [0.4, 0.5) is 18.9 Å². The van der Waals surface area contributed by atoms with Gasteiger partial charge in [0, 0.05) is 51.9 Å². The second kappa shape index (κ2) is 18.2. The zero-order valence-electron chi connectivity index (χ0n) is 28.5. The topological polar surface area (TPSA) is 69.2 Å². The molecule has 10 heteroatoms. The molecule has 0 spiro atoms. The molecule has 0 radical (unpaired) electrons. The zero-order chi connectivity index (χ0) is 34.4. The first-order valence-corrected chi connectivity index (χ1v) is 15.7. The number of benzene rings is 2. The van der Waals surface area contributed by atoms with E-state index >= 15 is 0 Å². The fraction of sp³-hybridized carbons (Fsp3) is 0.444. The molecule has 1 atom stereocenters. The Kier molecular flexibility index (Phi) is 15.1. The number of carbonyl (C=O) groups excluding carboxylic acids is 1. The molecule has 0 aliphatic carbocycles. The first kappa shape index (κ1) is 38.1. The number of hydrogen-bond acceptors (Lipinski definition) is 6. The lowest BCUT2D eigenvalue weighted by Gasteiger charge is -2.24. The molecular weight excluding hydrogens is 591 g/mol. The van der Waals surface area contributed by atoms with Gasteiger partial charge in [-0.25, -0.2) is 0 Å². The van der Waals surface area contributed by atoms with Gasteiger partial charge < -0.3 is 25.2 Å². The molecule has 0 aromatic heterocycles. The van der Waals surface area contributed by atoms with Gasteiger partial charge in [0.15, 0.2) is 0 Å². The molecule has 2 N–H and O–H groups in total. The van der Waals surface area contributed by atoms with Crippen molar-refractivity contribution in [2.24, 2.45) is 4.99 Å². The maximum absolute atomic E-state index is 13.3. The highest BCUT2D eigenvalue weighted by molar-refractivity contribution is 5.96. The van der Waals surface area contributed by atoms with Crippen molar-refractivity contribution in [1.29, 1.82) is 0 Å². The van der Waals surface area contributed by atoms with Crippen LogP contribution in [-0.2, 0) is 6.42 Å². The maximum atomic E-state index is 13.3. The molecule has 0 saturated carbocycles. The van der Waals surface area contributed by atoms with E-state index < -0.39 is 18.8 Å². The van der Waals surface area contributed by atoms with E-state index in [4.69, 9.17) is 9.73 Å². The molecule has 0 fully saturated rings. The number of alkyl halides is 3. The third-order valence-electron chi connectivity index (χ3n) is 6.95. The third-order valence-corrected chi connectivity index (χ3v) is 6.95. The summed E-state index contributed by atoms with van der Waals surface area (Å²) in [7, 11) is 5.68. The Morgan fingerprint density at radius 1 is 1.15 bits per heavy atom. The summed E-state index contributed by atoms with van der Waals surface area (Å²) < 4.78 is 44.5. The second-order valence-corrected chi connectivity index (χ2v) is 11.5. The van der Waals surface area contributed by atoms with Gasteiger partial charge in [0.05, 0.1) is 24.9 Å². The van der Waals surface area contributed by atoms with Crippen molar-refractivity contribution < 1.29 is 22.7 Å². The smallest absolute Gasteiger partial charge is 0.401 e. The van der Waals surface area contributed by atoms with E-state index in [-0.39, 0.29) is 18.6 Å². The Balaban J connectivity index is 0.00000361. The fourth-order valence-electron chi connectivity index (χ4n) is 4.83. The highest BCUT2D eigenvalue weighted by Gasteiger charge is 2.27. The van der Waals surface area contributed by atoms with Crippen LogP contribution in [0.25, 0.3) is 5.57 Å². The van der Waals surface area contributed by atoms with Crippen molar-refractivity contribution in [2.45, 2.75) is 65.8 Å². The Bertz CT molecular complexity index is 1380. The van der Waals surface area contributed by atoms with Crippen molar-refractivity contribution in [1.82, 2.24) is 15.5 Å². The Morgan fingerprint density at radius 2 is 1.83 bits per heavy atom. The molecular formula is C36H50F3N5O2. The van der Waals surface area contributed by atoms with Gasteiger partial charge in [0.2, 0.25) is 0 Å². The molecule has 1 aliphatic heterocycles. The summed E-state index contributed by atoms with van der Waals surface area (Å²) in [6.45, 7) is 13.0. The summed E-state index contributed by atoms with van der Waals surface area (Å²) >= 11 is 0. The van der Waals surface area contributed by atoms with Crippen LogP contribution in [0.5, 0.6) is 5.75 Å². The van der Waals surface area contributed by atoms with Crippen LogP contribution >= 0.6 is 0 Å². The van der Waals surface area contributed by atoms with Crippen LogP contribution in [0.1, 0.15) is 62.5 Å². The molecule has 2 aromatic rings. The maximum Gasteiger partial charge on any atom is 0.401 e. The summed E-state index contributed by atoms with van der Waals surface area (Å²) in [6.07, 6.45) is 2.51. The van der Waals surface area contributed by atoms with E-state index in [9.17, 15) is 18.0 Å². The summed E-state index contributed by atoms with van der Waals surface area (Å²) in [5.41, 5.74) is 5.26. The standard InChI is InChI=1S/C34H44F3N5O2.C2H6/c1-8-9-24(4)16-32-39-19-28(21-42(32)7)26-12-10-25(11-13-26)17-29(20-38-22-34(35,36)37)40-33(43)27-14-15-31(44-23(2)3)30(18-27)41(5)6;1-2/h8-15,18,21,23,29,38H,1,16-17,19-20,22H2,2-7H3,(H,40,43);1-2H3/b24-9-;/t29-;/m0./s1. The molecule has 7 nitrogen and oxygen atoms in total. The SMILES string of the molecule is C=C/C=C(/C)CC1=NCC(c2ccc(C[C@@H](CNCC(F)(F)F)NC(=O)c3ccc(OC(C)C)c(N(C)C)c3)cc2)=CN1C.CC. The normalized spacial score (nSPS) is 14.1. The van der Waals surface area contributed by atoms with Crippen molar-refractivity contribution in [3.8, 4) is 5.75 Å². The van der Waals surface area contributed by atoms with Gasteiger partial charge in [-0.05, 0) is 62.1 Å². The summed E-state index contributed by atoms with van der Waals surface area (Å²) in [5.74, 6) is 1.25. The molecule has 252 valence electrons. The van der Waals surface area contributed by atoms with E-state index in [0.29, 0.717) is 24.3 Å². The van der Waals surface area contributed by atoms with Crippen LogP contribution in [0.3, 0.4) is 0 Å².